The first-order valence-electron chi connectivity index (χ1n) is 4.37. The number of carboxylic acids is 1. The molecule has 0 heterocycles. The minimum Gasteiger partial charge on any atom is -0.480 e. The highest BCUT2D eigenvalue weighted by Gasteiger charge is 2.23. The van der Waals surface area contributed by atoms with Gasteiger partial charge in [0.15, 0.2) is 0 Å². The third kappa shape index (κ3) is 4.96. The predicted molar refractivity (Wildman–Crippen MR) is 51.9 cm³/mol. The molecular formula is C8H15N3O4. The highest BCUT2D eigenvalue weighted by atomic mass is 16.4. The van der Waals surface area contributed by atoms with Gasteiger partial charge in [-0.15, -0.1) is 0 Å². The molecule has 0 bridgehead atoms. The van der Waals surface area contributed by atoms with E-state index in [0.717, 1.165) is 0 Å². The molecule has 2 atom stereocenters. The van der Waals surface area contributed by atoms with Crippen LogP contribution in [0.25, 0.3) is 0 Å². The maximum atomic E-state index is 11.3. The molecule has 86 valence electrons. The minimum atomic E-state index is -1.29. The normalized spacial score (nSPS) is 14.0. The first kappa shape index (κ1) is 13.4. The molecule has 0 aliphatic rings. The number of amides is 2. The highest BCUT2D eigenvalue weighted by molar-refractivity contribution is 5.89. The van der Waals surface area contributed by atoms with Crippen molar-refractivity contribution < 1.29 is 19.5 Å². The van der Waals surface area contributed by atoms with E-state index >= 15 is 0 Å². The summed E-state index contributed by atoms with van der Waals surface area (Å²) in [6.07, 6.45) is -0.419. The molecule has 0 aliphatic heterocycles. The topological polar surface area (TPSA) is 122 Å². The zero-order valence-electron chi connectivity index (χ0n) is 8.61. The number of nitrogens with two attached hydrogens (primary N) is 1. The van der Waals surface area contributed by atoms with Crippen LogP contribution in [0.4, 0.5) is 0 Å². The molecule has 0 saturated heterocycles. The first-order chi connectivity index (χ1) is 6.88. The molecule has 0 fully saturated rings. The van der Waals surface area contributed by atoms with Crippen LogP contribution < -0.4 is 16.4 Å². The Labute approximate surface area is 87.0 Å². The molecular weight excluding hydrogens is 202 g/mol. The lowest BCUT2D eigenvalue weighted by molar-refractivity contribution is -0.143. The second kappa shape index (κ2) is 5.97. The summed E-state index contributed by atoms with van der Waals surface area (Å²) in [5, 5.41) is 13.5. The van der Waals surface area contributed by atoms with Crippen molar-refractivity contribution in [3.63, 3.8) is 0 Å². The number of hydrogen-bond acceptors (Lipinski definition) is 4. The number of carboxylic acid groups (broad SMARTS) is 1. The van der Waals surface area contributed by atoms with Crippen molar-refractivity contribution in [1.29, 1.82) is 0 Å². The van der Waals surface area contributed by atoms with Crippen molar-refractivity contribution in [1.82, 2.24) is 10.6 Å². The summed E-state index contributed by atoms with van der Waals surface area (Å²) >= 11 is 0. The van der Waals surface area contributed by atoms with Crippen LogP contribution in [-0.2, 0) is 14.4 Å². The fourth-order valence-corrected chi connectivity index (χ4v) is 0.829. The average molecular weight is 217 g/mol. The lowest BCUT2D eigenvalue weighted by Gasteiger charge is -2.16. The third-order valence-corrected chi connectivity index (χ3v) is 1.85. The summed E-state index contributed by atoms with van der Waals surface area (Å²) in [6, 6.07) is -1.80. The zero-order valence-corrected chi connectivity index (χ0v) is 8.61. The number of aliphatic carboxylic acids is 1. The maximum absolute atomic E-state index is 11.3. The molecule has 1 unspecified atom stereocenters. The van der Waals surface area contributed by atoms with Crippen LogP contribution >= 0.6 is 0 Å². The van der Waals surface area contributed by atoms with Gasteiger partial charge in [-0.05, 0) is 14.0 Å². The lowest BCUT2D eigenvalue weighted by Crippen LogP contribution is -2.49. The van der Waals surface area contributed by atoms with E-state index in [1.54, 1.807) is 14.0 Å². The molecule has 0 rings (SSSR count). The van der Waals surface area contributed by atoms with Gasteiger partial charge < -0.3 is 21.5 Å². The molecule has 7 nitrogen and oxygen atoms in total. The summed E-state index contributed by atoms with van der Waals surface area (Å²) in [7, 11) is 1.56. The van der Waals surface area contributed by atoms with E-state index in [0.29, 0.717) is 0 Å². The molecule has 5 N–H and O–H groups in total. The van der Waals surface area contributed by atoms with Gasteiger partial charge in [0, 0.05) is 0 Å². The molecule has 0 aromatic rings. The molecule has 0 saturated carbocycles. The summed E-state index contributed by atoms with van der Waals surface area (Å²) in [5.74, 6) is -2.56. The maximum Gasteiger partial charge on any atom is 0.326 e. The van der Waals surface area contributed by atoms with Gasteiger partial charge in [-0.3, -0.25) is 9.59 Å². The molecule has 0 aromatic carbocycles. The van der Waals surface area contributed by atoms with Gasteiger partial charge in [0.1, 0.15) is 6.04 Å². The molecule has 15 heavy (non-hydrogen) atoms. The van der Waals surface area contributed by atoms with E-state index < -0.39 is 36.3 Å². The largest absolute Gasteiger partial charge is 0.480 e. The van der Waals surface area contributed by atoms with Crippen LogP contribution in [0, 0.1) is 0 Å². The summed E-state index contributed by atoms with van der Waals surface area (Å²) in [5.41, 5.74) is 4.85. The minimum absolute atomic E-state index is 0.419. The van der Waals surface area contributed by atoms with Gasteiger partial charge in [0.2, 0.25) is 11.8 Å². The number of carbonyl (C=O) groups is 3. The second-order valence-corrected chi connectivity index (χ2v) is 3.08. The van der Waals surface area contributed by atoms with Gasteiger partial charge in [-0.1, -0.05) is 0 Å². The Balaban J connectivity index is 4.35. The van der Waals surface area contributed by atoms with E-state index in [1.165, 1.54) is 0 Å². The van der Waals surface area contributed by atoms with Crippen LogP contribution in [-0.4, -0.2) is 42.0 Å². The first-order valence-corrected chi connectivity index (χ1v) is 4.37. The molecule has 0 spiro atoms. The van der Waals surface area contributed by atoms with Gasteiger partial charge >= 0.3 is 5.97 Å². The van der Waals surface area contributed by atoms with Crippen LogP contribution in [0.3, 0.4) is 0 Å². The van der Waals surface area contributed by atoms with E-state index in [9.17, 15) is 14.4 Å². The Hall–Kier alpha value is -1.63. The zero-order chi connectivity index (χ0) is 12.0. The Kier molecular flexibility index (Phi) is 5.32. The smallest absolute Gasteiger partial charge is 0.326 e. The van der Waals surface area contributed by atoms with Gasteiger partial charge in [0.25, 0.3) is 0 Å². The fraction of sp³-hybridized carbons (Fsp3) is 0.625. The summed E-state index contributed by atoms with van der Waals surface area (Å²) in [4.78, 5) is 32.4. The number of nitrogens with one attached hydrogen (secondary N) is 2. The Morgan fingerprint density at radius 1 is 1.40 bits per heavy atom. The Bertz CT molecular complexity index is 267. The van der Waals surface area contributed by atoms with E-state index in [2.05, 4.69) is 10.6 Å². The van der Waals surface area contributed by atoms with Gasteiger partial charge in [-0.2, -0.15) is 0 Å². The standard InChI is InChI=1S/C8H15N3O4/c1-4(10-2)7(13)11-5(8(14)15)3-6(9)12/h4-5,10H,3H2,1-2H3,(H2,9,12)(H,11,13)(H,14,15)/t4?,5-/m1/s1. The van der Waals surface area contributed by atoms with Crippen molar-refractivity contribution in [2.75, 3.05) is 7.05 Å². The molecule has 0 aliphatic carbocycles. The fourth-order valence-electron chi connectivity index (χ4n) is 0.829. The molecule has 0 radical (unpaired) electrons. The van der Waals surface area contributed by atoms with Crippen LogP contribution in [0.15, 0.2) is 0 Å². The number of carbonyl (C=O) groups excluding carboxylic acids is 2. The number of likely N-dealkylation sites (N-methyl/N-ethyl adjacent to an activating group) is 1. The number of hydrogen-bond donors (Lipinski definition) is 4. The monoisotopic (exact) mass is 217 g/mol. The lowest BCUT2D eigenvalue weighted by atomic mass is 10.2. The predicted octanol–water partition coefficient (Wildman–Crippen LogP) is -1.96. The van der Waals surface area contributed by atoms with E-state index in [4.69, 9.17) is 10.8 Å². The molecule has 0 aromatic heterocycles. The van der Waals surface area contributed by atoms with Crippen LogP contribution in [0.5, 0.6) is 0 Å². The average Bonchev–Trinajstić information content (AvgIpc) is 2.14. The van der Waals surface area contributed by atoms with Crippen LogP contribution in [0.1, 0.15) is 13.3 Å². The summed E-state index contributed by atoms with van der Waals surface area (Å²) < 4.78 is 0. The van der Waals surface area contributed by atoms with Crippen molar-refractivity contribution >= 4 is 17.8 Å². The van der Waals surface area contributed by atoms with Gasteiger partial charge in [-0.25, -0.2) is 4.79 Å². The Morgan fingerprint density at radius 2 is 1.93 bits per heavy atom. The highest BCUT2D eigenvalue weighted by Crippen LogP contribution is 1.93. The number of rotatable bonds is 6. The van der Waals surface area contributed by atoms with Crippen molar-refractivity contribution in [2.24, 2.45) is 5.73 Å². The van der Waals surface area contributed by atoms with E-state index in [1.807, 2.05) is 0 Å². The van der Waals surface area contributed by atoms with Gasteiger partial charge in [0.05, 0.1) is 12.5 Å². The third-order valence-electron chi connectivity index (χ3n) is 1.85. The Morgan fingerprint density at radius 3 is 2.27 bits per heavy atom. The van der Waals surface area contributed by atoms with Crippen molar-refractivity contribution in [2.45, 2.75) is 25.4 Å². The second-order valence-electron chi connectivity index (χ2n) is 3.08. The molecule has 2 amide bonds. The SMILES string of the molecule is CNC(C)C(=O)N[C@H](CC(N)=O)C(=O)O. The number of primary amides is 1. The quantitative estimate of drug-likeness (QED) is 0.411. The molecule has 7 heteroatoms. The van der Waals surface area contributed by atoms with Crippen molar-refractivity contribution in [3.05, 3.63) is 0 Å². The summed E-state index contributed by atoms with van der Waals surface area (Å²) in [6.45, 7) is 1.57. The van der Waals surface area contributed by atoms with Crippen molar-refractivity contribution in [3.8, 4) is 0 Å². The van der Waals surface area contributed by atoms with Crippen LogP contribution in [0.2, 0.25) is 0 Å². The van der Waals surface area contributed by atoms with E-state index in [-0.39, 0.29) is 0 Å².